The molecule has 0 spiro atoms. The molecule has 1 aromatic carbocycles. The molecule has 0 aliphatic heterocycles. The first-order valence-electron chi connectivity index (χ1n) is 6.60. The minimum absolute atomic E-state index is 0.0157. The van der Waals surface area contributed by atoms with Crippen molar-refractivity contribution in [2.24, 2.45) is 11.0 Å². The number of hydrazone groups is 1. The van der Waals surface area contributed by atoms with Gasteiger partial charge in [0.25, 0.3) is 0 Å². The molecular weight excluding hydrogens is 256 g/mol. The SMILES string of the molecule is COc1cccc2cc(/C(C)=N\NC(=O)C3CC3)oc12. The quantitative estimate of drug-likeness (QED) is 0.687. The lowest BCUT2D eigenvalue weighted by Crippen LogP contribution is -2.20. The fourth-order valence-electron chi connectivity index (χ4n) is 2.01. The number of methoxy groups -OCH3 is 1. The third kappa shape index (κ3) is 2.39. The van der Waals surface area contributed by atoms with Crippen LogP contribution in [-0.2, 0) is 4.79 Å². The van der Waals surface area contributed by atoms with E-state index in [1.54, 1.807) is 14.0 Å². The fraction of sp³-hybridized carbons (Fsp3) is 0.333. The zero-order valence-electron chi connectivity index (χ0n) is 11.5. The van der Waals surface area contributed by atoms with Crippen LogP contribution in [0.15, 0.2) is 33.8 Å². The summed E-state index contributed by atoms with van der Waals surface area (Å²) in [7, 11) is 1.60. The lowest BCUT2D eigenvalue weighted by atomic mass is 10.2. The van der Waals surface area contributed by atoms with Crippen LogP contribution in [0.2, 0.25) is 0 Å². The van der Waals surface area contributed by atoms with E-state index in [0.29, 0.717) is 22.8 Å². The molecule has 1 amide bonds. The fourth-order valence-corrected chi connectivity index (χ4v) is 2.01. The highest BCUT2D eigenvalue weighted by Crippen LogP contribution is 2.29. The molecule has 3 rings (SSSR count). The van der Waals surface area contributed by atoms with Crippen LogP contribution in [0.4, 0.5) is 0 Å². The zero-order valence-corrected chi connectivity index (χ0v) is 11.5. The van der Waals surface area contributed by atoms with E-state index in [1.165, 1.54) is 0 Å². The number of carbonyl (C=O) groups excluding carboxylic acids is 1. The number of benzene rings is 1. The van der Waals surface area contributed by atoms with Gasteiger partial charge in [-0.1, -0.05) is 12.1 Å². The van der Waals surface area contributed by atoms with Gasteiger partial charge in [-0.2, -0.15) is 5.10 Å². The number of amides is 1. The van der Waals surface area contributed by atoms with E-state index in [0.717, 1.165) is 18.2 Å². The van der Waals surface area contributed by atoms with Gasteiger partial charge in [0.05, 0.1) is 7.11 Å². The second kappa shape index (κ2) is 5.00. The Labute approximate surface area is 116 Å². The molecule has 0 bridgehead atoms. The Balaban J connectivity index is 1.85. The van der Waals surface area contributed by atoms with Crippen LogP contribution in [0, 0.1) is 5.92 Å². The summed E-state index contributed by atoms with van der Waals surface area (Å²) in [4.78, 5) is 11.5. The Hall–Kier alpha value is -2.30. The molecule has 1 heterocycles. The van der Waals surface area contributed by atoms with Crippen molar-refractivity contribution in [3.63, 3.8) is 0 Å². The maximum atomic E-state index is 11.5. The van der Waals surface area contributed by atoms with E-state index in [4.69, 9.17) is 9.15 Å². The molecule has 1 N–H and O–H groups in total. The van der Waals surface area contributed by atoms with E-state index < -0.39 is 0 Å². The van der Waals surface area contributed by atoms with Gasteiger partial charge in [0.15, 0.2) is 17.1 Å². The van der Waals surface area contributed by atoms with Crippen molar-refractivity contribution in [1.29, 1.82) is 0 Å². The summed E-state index contributed by atoms with van der Waals surface area (Å²) in [6.07, 6.45) is 1.92. The Bertz CT molecular complexity index is 683. The largest absolute Gasteiger partial charge is 0.493 e. The lowest BCUT2D eigenvalue weighted by molar-refractivity contribution is -0.122. The Morgan fingerprint density at radius 3 is 2.95 bits per heavy atom. The number of nitrogens with one attached hydrogen (secondary N) is 1. The molecule has 0 radical (unpaired) electrons. The molecular formula is C15H16N2O3. The monoisotopic (exact) mass is 272 g/mol. The van der Waals surface area contributed by atoms with Crippen LogP contribution < -0.4 is 10.2 Å². The van der Waals surface area contributed by atoms with Gasteiger partial charge in [0.1, 0.15) is 5.71 Å². The standard InChI is InChI=1S/C15H16N2O3/c1-9(16-17-15(18)10-6-7-10)13-8-11-4-3-5-12(19-2)14(11)20-13/h3-5,8,10H,6-7H2,1-2H3,(H,17,18)/b16-9-. The van der Waals surface area contributed by atoms with E-state index in [1.807, 2.05) is 24.3 Å². The molecule has 104 valence electrons. The van der Waals surface area contributed by atoms with Crippen molar-refractivity contribution >= 4 is 22.6 Å². The molecule has 1 fully saturated rings. The van der Waals surface area contributed by atoms with E-state index in [2.05, 4.69) is 10.5 Å². The number of fused-ring (bicyclic) bond motifs is 1. The molecule has 1 aliphatic rings. The normalized spacial score (nSPS) is 15.4. The predicted octanol–water partition coefficient (Wildman–Crippen LogP) is 2.69. The van der Waals surface area contributed by atoms with Crippen LogP contribution in [0.1, 0.15) is 25.5 Å². The first-order valence-corrected chi connectivity index (χ1v) is 6.60. The van der Waals surface area contributed by atoms with Gasteiger partial charge >= 0.3 is 0 Å². The highest BCUT2D eigenvalue weighted by molar-refractivity contribution is 6.01. The molecule has 1 aliphatic carbocycles. The van der Waals surface area contributed by atoms with Gasteiger partial charge in [-0.25, -0.2) is 5.43 Å². The summed E-state index contributed by atoms with van der Waals surface area (Å²) in [6, 6.07) is 7.58. The third-order valence-corrected chi connectivity index (χ3v) is 3.37. The Morgan fingerprint density at radius 1 is 1.45 bits per heavy atom. The first-order chi connectivity index (χ1) is 9.69. The molecule has 2 aromatic rings. The van der Waals surface area contributed by atoms with Gasteiger partial charge < -0.3 is 9.15 Å². The van der Waals surface area contributed by atoms with Crippen molar-refractivity contribution in [2.45, 2.75) is 19.8 Å². The van der Waals surface area contributed by atoms with Gasteiger partial charge in [0.2, 0.25) is 5.91 Å². The number of hydrogen-bond acceptors (Lipinski definition) is 4. The van der Waals surface area contributed by atoms with Crippen LogP contribution in [0.25, 0.3) is 11.0 Å². The lowest BCUT2D eigenvalue weighted by Gasteiger charge is -1.99. The number of para-hydroxylation sites is 1. The summed E-state index contributed by atoms with van der Waals surface area (Å²) in [6.45, 7) is 1.80. The molecule has 0 saturated heterocycles. The van der Waals surface area contributed by atoms with E-state index >= 15 is 0 Å². The van der Waals surface area contributed by atoms with Crippen LogP contribution in [0.3, 0.4) is 0 Å². The molecule has 1 aromatic heterocycles. The number of carbonyl (C=O) groups is 1. The zero-order chi connectivity index (χ0) is 14.1. The molecule has 5 heteroatoms. The minimum atomic E-state index is -0.0157. The topological polar surface area (TPSA) is 63.8 Å². The second-order valence-corrected chi connectivity index (χ2v) is 4.94. The highest BCUT2D eigenvalue weighted by atomic mass is 16.5. The number of ether oxygens (including phenoxy) is 1. The number of rotatable bonds is 4. The Kier molecular flexibility index (Phi) is 3.18. The highest BCUT2D eigenvalue weighted by Gasteiger charge is 2.29. The molecule has 0 unspecified atom stereocenters. The third-order valence-electron chi connectivity index (χ3n) is 3.37. The van der Waals surface area contributed by atoms with Gasteiger partial charge in [0, 0.05) is 11.3 Å². The smallest absolute Gasteiger partial charge is 0.243 e. The van der Waals surface area contributed by atoms with E-state index in [-0.39, 0.29) is 11.8 Å². The van der Waals surface area contributed by atoms with Gasteiger partial charge in [-0.05, 0) is 31.9 Å². The summed E-state index contributed by atoms with van der Waals surface area (Å²) >= 11 is 0. The van der Waals surface area contributed by atoms with Crippen LogP contribution in [-0.4, -0.2) is 18.7 Å². The number of nitrogens with zero attached hydrogens (tertiary/aromatic N) is 1. The summed E-state index contributed by atoms with van der Waals surface area (Å²) in [5.74, 6) is 1.43. The molecule has 5 nitrogen and oxygen atoms in total. The van der Waals surface area contributed by atoms with Crippen molar-refractivity contribution in [2.75, 3.05) is 7.11 Å². The molecule has 1 saturated carbocycles. The Morgan fingerprint density at radius 2 is 2.25 bits per heavy atom. The maximum Gasteiger partial charge on any atom is 0.243 e. The molecule has 20 heavy (non-hydrogen) atoms. The van der Waals surface area contributed by atoms with Gasteiger partial charge in [-0.15, -0.1) is 0 Å². The van der Waals surface area contributed by atoms with E-state index in [9.17, 15) is 4.79 Å². The first kappa shape index (κ1) is 12.7. The summed E-state index contributed by atoms with van der Waals surface area (Å²) in [5.41, 5.74) is 3.90. The van der Waals surface area contributed by atoms with Crippen molar-refractivity contribution in [1.82, 2.24) is 5.43 Å². The van der Waals surface area contributed by atoms with Crippen molar-refractivity contribution < 1.29 is 13.9 Å². The van der Waals surface area contributed by atoms with Crippen molar-refractivity contribution in [3.8, 4) is 5.75 Å². The van der Waals surface area contributed by atoms with Crippen LogP contribution >= 0.6 is 0 Å². The maximum absolute atomic E-state index is 11.5. The summed E-state index contributed by atoms with van der Waals surface area (Å²) < 4.78 is 11.0. The average Bonchev–Trinajstić information content (AvgIpc) is 3.22. The predicted molar refractivity (Wildman–Crippen MR) is 75.8 cm³/mol. The van der Waals surface area contributed by atoms with Crippen LogP contribution in [0.5, 0.6) is 5.75 Å². The number of hydrogen-bond donors (Lipinski definition) is 1. The summed E-state index contributed by atoms with van der Waals surface area (Å²) in [5, 5.41) is 5.04. The van der Waals surface area contributed by atoms with Gasteiger partial charge in [-0.3, -0.25) is 4.79 Å². The number of furan rings is 1. The minimum Gasteiger partial charge on any atom is -0.493 e. The second-order valence-electron chi connectivity index (χ2n) is 4.94. The molecule has 0 atom stereocenters. The van der Waals surface area contributed by atoms with Crippen molar-refractivity contribution in [3.05, 3.63) is 30.0 Å². The average molecular weight is 272 g/mol.